The molecule has 3 nitrogen and oxygen atoms in total. The van der Waals surface area contributed by atoms with Crippen LogP contribution in [-0.2, 0) is 4.79 Å². The van der Waals surface area contributed by atoms with E-state index in [1.54, 1.807) is 6.07 Å². The van der Waals surface area contributed by atoms with Crippen molar-refractivity contribution < 1.29 is 9.59 Å². The number of ketones is 2. The van der Waals surface area contributed by atoms with E-state index in [0.717, 1.165) is 0 Å². The van der Waals surface area contributed by atoms with E-state index < -0.39 is 11.6 Å². The van der Waals surface area contributed by atoms with Crippen LogP contribution in [-0.4, -0.2) is 22.4 Å². The van der Waals surface area contributed by atoms with Gasteiger partial charge in [-0.05, 0) is 12.1 Å². The van der Waals surface area contributed by atoms with Crippen LogP contribution in [0.1, 0.15) is 10.4 Å². The van der Waals surface area contributed by atoms with Crippen molar-refractivity contribution in [3.8, 4) is 0 Å². The maximum absolute atomic E-state index is 11.1. The van der Waals surface area contributed by atoms with Crippen molar-refractivity contribution in [1.82, 2.24) is 4.98 Å². The second kappa shape index (κ2) is 3.97. The maximum Gasteiger partial charge on any atom is 0.231 e. The van der Waals surface area contributed by atoms with Gasteiger partial charge >= 0.3 is 0 Å². The van der Waals surface area contributed by atoms with E-state index in [-0.39, 0.29) is 11.4 Å². The Morgan fingerprint density at radius 2 is 2.25 bits per heavy atom. The first-order valence-corrected chi connectivity index (χ1v) is 3.82. The minimum atomic E-state index is -0.607. The topological polar surface area (TPSA) is 47.0 Å². The Hall–Kier alpha value is -1.22. The van der Waals surface area contributed by atoms with Gasteiger partial charge in [0, 0.05) is 18.0 Å². The molecule has 62 valence electrons. The number of carbonyl (C=O) groups is 2. The fraction of sp³-hybridized carbons (Fsp3) is 0.125. The molecule has 12 heavy (non-hydrogen) atoms. The zero-order valence-corrected chi connectivity index (χ0v) is 6.91. The van der Waals surface area contributed by atoms with Gasteiger partial charge in [0.25, 0.3) is 0 Å². The first kappa shape index (κ1) is 8.87. The number of nitrogens with zero attached hydrogens (tertiary/aromatic N) is 1. The fourth-order valence-corrected chi connectivity index (χ4v) is 0.840. The van der Waals surface area contributed by atoms with E-state index in [1.165, 1.54) is 18.5 Å². The smallest absolute Gasteiger partial charge is 0.231 e. The second-order valence-electron chi connectivity index (χ2n) is 2.13. The molecule has 0 saturated carbocycles. The quantitative estimate of drug-likeness (QED) is 0.400. The van der Waals surface area contributed by atoms with Crippen LogP contribution in [0.2, 0.25) is 0 Å². The van der Waals surface area contributed by atoms with E-state index in [1.807, 2.05) is 0 Å². The first-order valence-electron chi connectivity index (χ1n) is 3.29. The van der Waals surface area contributed by atoms with Crippen molar-refractivity contribution in [2.75, 3.05) is 5.88 Å². The molecule has 0 amide bonds. The SMILES string of the molecule is O=C(CCl)C(=O)c1cccnc1. The molecule has 1 aromatic heterocycles. The predicted octanol–water partition coefficient (Wildman–Crippen LogP) is 1.07. The van der Waals surface area contributed by atoms with E-state index in [0.29, 0.717) is 0 Å². The number of alkyl halides is 1. The number of rotatable bonds is 3. The van der Waals surface area contributed by atoms with Crippen LogP contribution in [0, 0.1) is 0 Å². The molecule has 0 bridgehead atoms. The molecule has 1 heterocycles. The summed E-state index contributed by atoms with van der Waals surface area (Å²) in [6, 6.07) is 3.12. The van der Waals surface area contributed by atoms with Gasteiger partial charge in [-0.2, -0.15) is 0 Å². The summed E-state index contributed by atoms with van der Waals surface area (Å²) < 4.78 is 0. The summed E-state index contributed by atoms with van der Waals surface area (Å²) in [6.45, 7) is 0. The minimum Gasteiger partial charge on any atom is -0.289 e. The van der Waals surface area contributed by atoms with Crippen LogP contribution in [0.4, 0.5) is 0 Å². The highest BCUT2D eigenvalue weighted by Gasteiger charge is 2.13. The summed E-state index contributed by atoms with van der Waals surface area (Å²) in [6.07, 6.45) is 2.87. The molecule has 0 aromatic carbocycles. The van der Waals surface area contributed by atoms with E-state index >= 15 is 0 Å². The van der Waals surface area contributed by atoms with Crippen molar-refractivity contribution in [1.29, 1.82) is 0 Å². The largest absolute Gasteiger partial charge is 0.289 e. The van der Waals surface area contributed by atoms with Crippen molar-refractivity contribution in [3.05, 3.63) is 30.1 Å². The molecule has 4 heteroatoms. The zero-order chi connectivity index (χ0) is 8.97. The molecule has 0 atom stereocenters. The number of hydrogen-bond acceptors (Lipinski definition) is 3. The summed E-state index contributed by atoms with van der Waals surface area (Å²) in [5.74, 6) is -1.48. The number of hydrogen-bond donors (Lipinski definition) is 0. The Balaban J connectivity index is 2.86. The van der Waals surface area contributed by atoms with Gasteiger partial charge < -0.3 is 0 Å². The number of halogens is 1. The third kappa shape index (κ3) is 1.89. The Morgan fingerprint density at radius 1 is 1.50 bits per heavy atom. The summed E-state index contributed by atoms with van der Waals surface area (Å²) in [4.78, 5) is 25.6. The van der Waals surface area contributed by atoms with Crippen LogP contribution in [0.25, 0.3) is 0 Å². The van der Waals surface area contributed by atoms with Gasteiger partial charge in [-0.15, -0.1) is 11.6 Å². The van der Waals surface area contributed by atoms with Gasteiger partial charge in [0.2, 0.25) is 11.6 Å². The lowest BCUT2D eigenvalue weighted by atomic mass is 10.1. The highest BCUT2D eigenvalue weighted by Crippen LogP contribution is 1.98. The first-order chi connectivity index (χ1) is 5.75. The standard InChI is InChI=1S/C8H6ClNO2/c9-4-7(11)8(12)6-2-1-3-10-5-6/h1-3,5H,4H2. The molecule has 0 aliphatic heterocycles. The molecular weight excluding hydrogens is 178 g/mol. The Kier molecular flexibility index (Phi) is 2.94. The van der Waals surface area contributed by atoms with E-state index in [2.05, 4.69) is 4.98 Å². The van der Waals surface area contributed by atoms with Crippen molar-refractivity contribution >= 4 is 23.2 Å². The van der Waals surface area contributed by atoms with Gasteiger partial charge in [-0.1, -0.05) is 0 Å². The molecule has 0 radical (unpaired) electrons. The lowest BCUT2D eigenvalue weighted by Gasteiger charge is -1.94. The van der Waals surface area contributed by atoms with Crippen molar-refractivity contribution in [2.24, 2.45) is 0 Å². The Bertz CT molecular complexity index is 297. The highest BCUT2D eigenvalue weighted by atomic mass is 35.5. The molecular formula is C8H6ClNO2. The summed E-state index contributed by atoms with van der Waals surface area (Å²) >= 11 is 5.21. The molecule has 0 N–H and O–H groups in total. The number of pyridine rings is 1. The monoisotopic (exact) mass is 183 g/mol. The Labute approximate surface area is 74.4 Å². The summed E-state index contributed by atoms with van der Waals surface area (Å²) in [7, 11) is 0. The van der Waals surface area contributed by atoms with Crippen LogP contribution in [0.3, 0.4) is 0 Å². The van der Waals surface area contributed by atoms with Gasteiger partial charge in [-0.3, -0.25) is 14.6 Å². The van der Waals surface area contributed by atoms with Crippen LogP contribution in [0.5, 0.6) is 0 Å². The van der Waals surface area contributed by atoms with Crippen LogP contribution < -0.4 is 0 Å². The maximum atomic E-state index is 11.1. The predicted molar refractivity (Wildman–Crippen MR) is 44.3 cm³/mol. The average molecular weight is 184 g/mol. The van der Waals surface area contributed by atoms with Gasteiger partial charge in [-0.25, -0.2) is 0 Å². The summed E-state index contributed by atoms with van der Waals surface area (Å²) in [5, 5.41) is 0. The molecule has 0 spiro atoms. The zero-order valence-electron chi connectivity index (χ0n) is 6.16. The molecule has 0 unspecified atom stereocenters. The van der Waals surface area contributed by atoms with Crippen molar-refractivity contribution in [2.45, 2.75) is 0 Å². The van der Waals surface area contributed by atoms with E-state index in [4.69, 9.17) is 11.6 Å². The fourth-order valence-electron chi connectivity index (χ4n) is 0.719. The van der Waals surface area contributed by atoms with Crippen LogP contribution >= 0.6 is 11.6 Å². The van der Waals surface area contributed by atoms with Gasteiger partial charge in [0.1, 0.15) is 0 Å². The normalized spacial score (nSPS) is 9.42. The van der Waals surface area contributed by atoms with Crippen molar-refractivity contribution in [3.63, 3.8) is 0 Å². The molecule has 1 rings (SSSR count). The minimum absolute atomic E-state index is 0.281. The number of carbonyl (C=O) groups excluding carboxylic acids is 2. The molecule has 0 fully saturated rings. The molecule has 0 saturated heterocycles. The average Bonchev–Trinajstić information content (AvgIpc) is 2.17. The Morgan fingerprint density at radius 3 is 2.75 bits per heavy atom. The van der Waals surface area contributed by atoms with Gasteiger partial charge in [0.15, 0.2) is 0 Å². The molecule has 1 aromatic rings. The van der Waals surface area contributed by atoms with E-state index in [9.17, 15) is 9.59 Å². The van der Waals surface area contributed by atoms with Gasteiger partial charge in [0.05, 0.1) is 5.88 Å². The lowest BCUT2D eigenvalue weighted by Crippen LogP contribution is -2.15. The highest BCUT2D eigenvalue weighted by molar-refractivity contribution is 6.51. The number of Topliss-reactive ketones (excluding diaryl/α,β-unsaturated/α-hetero) is 2. The summed E-state index contributed by atoms with van der Waals surface area (Å²) in [5.41, 5.74) is 0.281. The molecule has 0 aliphatic carbocycles. The second-order valence-corrected chi connectivity index (χ2v) is 2.39. The lowest BCUT2D eigenvalue weighted by molar-refractivity contribution is -0.112. The van der Waals surface area contributed by atoms with Crippen LogP contribution in [0.15, 0.2) is 24.5 Å². The molecule has 0 aliphatic rings. The third-order valence-corrected chi connectivity index (χ3v) is 1.54. The third-order valence-electron chi connectivity index (χ3n) is 1.30. The number of aromatic nitrogens is 1.